The van der Waals surface area contributed by atoms with Gasteiger partial charge in [0, 0.05) is 31.0 Å². The maximum atomic E-state index is 12.7. The quantitative estimate of drug-likeness (QED) is 0.485. The Bertz CT molecular complexity index is 1240. The van der Waals surface area contributed by atoms with Crippen LogP contribution in [0.1, 0.15) is 23.8 Å². The Morgan fingerprint density at radius 1 is 0.935 bits per heavy atom. The maximum Gasteiger partial charge on any atom is 0.242 e. The molecule has 0 bridgehead atoms. The second-order valence-corrected chi connectivity index (χ2v) is 7.70. The Hall–Kier alpha value is -3.60. The predicted molar refractivity (Wildman–Crippen MR) is 123 cm³/mol. The van der Waals surface area contributed by atoms with E-state index in [-0.39, 0.29) is 24.8 Å². The SMILES string of the molecule is CCc1oc2ccccc2c1CN(C)C(=O)CNC(=O)Cc1cccc2ccccc12. The topological polar surface area (TPSA) is 62.6 Å². The number of carbonyl (C=O) groups is 2. The van der Waals surface area contributed by atoms with Crippen molar-refractivity contribution in [2.75, 3.05) is 13.6 Å². The molecule has 4 aromatic rings. The molecule has 1 heterocycles. The minimum absolute atomic E-state index is 0.0304. The Kier molecular flexibility index (Phi) is 6.03. The third-order valence-corrected chi connectivity index (χ3v) is 5.59. The number of hydrogen-bond acceptors (Lipinski definition) is 3. The lowest BCUT2D eigenvalue weighted by atomic mass is 10.0. The third kappa shape index (κ3) is 4.45. The molecule has 1 aromatic heterocycles. The van der Waals surface area contributed by atoms with Gasteiger partial charge in [-0.1, -0.05) is 67.6 Å². The van der Waals surface area contributed by atoms with Gasteiger partial charge < -0.3 is 14.6 Å². The Labute approximate surface area is 181 Å². The number of benzene rings is 3. The molecule has 0 aliphatic carbocycles. The summed E-state index contributed by atoms with van der Waals surface area (Å²) in [6.07, 6.45) is 0.999. The molecule has 0 radical (unpaired) electrons. The number of hydrogen-bond donors (Lipinski definition) is 1. The van der Waals surface area contributed by atoms with E-state index in [1.54, 1.807) is 11.9 Å². The minimum Gasteiger partial charge on any atom is -0.461 e. The molecule has 31 heavy (non-hydrogen) atoms. The van der Waals surface area contributed by atoms with Crippen LogP contribution in [0.2, 0.25) is 0 Å². The van der Waals surface area contributed by atoms with Crippen molar-refractivity contribution in [2.45, 2.75) is 26.3 Å². The van der Waals surface area contributed by atoms with Gasteiger partial charge in [-0.3, -0.25) is 9.59 Å². The van der Waals surface area contributed by atoms with Crippen molar-refractivity contribution in [2.24, 2.45) is 0 Å². The minimum atomic E-state index is -0.166. The molecule has 0 fully saturated rings. The highest BCUT2D eigenvalue weighted by molar-refractivity contribution is 5.91. The number of nitrogens with one attached hydrogen (secondary N) is 1. The monoisotopic (exact) mass is 414 g/mol. The fourth-order valence-corrected chi connectivity index (χ4v) is 3.93. The molecular formula is C26H26N2O3. The highest BCUT2D eigenvalue weighted by Gasteiger charge is 2.18. The van der Waals surface area contributed by atoms with Gasteiger partial charge >= 0.3 is 0 Å². The average Bonchev–Trinajstić information content (AvgIpc) is 3.15. The first-order chi connectivity index (χ1) is 15.1. The summed E-state index contributed by atoms with van der Waals surface area (Å²) >= 11 is 0. The smallest absolute Gasteiger partial charge is 0.242 e. The van der Waals surface area contributed by atoms with Gasteiger partial charge in [0.1, 0.15) is 11.3 Å². The molecule has 3 aromatic carbocycles. The molecule has 0 aliphatic rings. The normalized spacial score (nSPS) is 11.0. The number of nitrogens with zero attached hydrogens (tertiary/aromatic N) is 1. The van der Waals surface area contributed by atoms with E-state index in [0.717, 1.165) is 45.0 Å². The maximum absolute atomic E-state index is 12.7. The second-order valence-electron chi connectivity index (χ2n) is 7.70. The van der Waals surface area contributed by atoms with Crippen molar-refractivity contribution in [3.05, 3.63) is 83.6 Å². The molecule has 0 saturated heterocycles. The number of carbonyl (C=O) groups excluding carboxylic acids is 2. The summed E-state index contributed by atoms with van der Waals surface area (Å²) in [7, 11) is 1.75. The summed E-state index contributed by atoms with van der Waals surface area (Å²) in [5.41, 5.74) is 2.81. The molecule has 0 atom stereocenters. The van der Waals surface area contributed by atoms with Gasteiger partial charge in [0.05, 0.1) is 13.0 Å². The first-order valence-electron chi connectivity index (χ1n) is 10.5. The van der Waals surface area contributed by atoms with E-state index in [1.807, 2.05) is 73.7 Å². The number of aryl methyl sites for hydroxylation is 1. The van der Waals surface area contributed by atoms with Crippen molar-refractivity contribution in [1.29, 1.82) is 0 Å². The zero-order valence-electron chi connectivity index (χ0n) is 17.9. The number of amides is 2. The van der Waals surface area contributed by atoms with Gasteiger partial charge in [0.2, 0.25) is 11.8 Å². The van der Waals surface area contributed by atoms with Crippen LogP contribution in [-0.4, -0.2) is 30.3 Å². The molecule has 0 unspecified atom stereocenters. The molecule has 0 saturated carbocycles. The Morgan fingerprint density at radius 2 is 1.65 bits per heavy atom. The largest absolute Gasteiger partial charge is 0.461 e. The van der Waals surface area contributed by atoms with Crippen LogP contribution in [-0.2, 0) is 29.0 Å². The molecule has 4 rings (SSSR count). The summed E-state index contributed by atoms with van der Waals surface area (Å²) in [6, 6.07) is 21.8. The molecule has 1 N–H and O–H groups in total. The van der Waals surface area contributed by atoms with E-state index in [4.69, 9.17) is 4.42 Å². The number of rotatable bonds is 7. The lowest BCUT2D eigenvalue weighted by molar-refractivity contribution is -0.132. The lowest BCUT2D eigenvalue weighted by Gasteiger charge is -2.18. The second kappa shape index (κ2) is 9.04. The van der Waals surface area contributed by atoms with Crippen molar-refractivity contribution in [3.63, 3.8) is 0 Å². The predicted octanol–water partition coefficient (Wildman–Crippen LogP) is 4.47. The molecular weight excluding hydrogens is 388 g/mol. The van der Waals surface area contributed by atoms with E-state index >= 15 is 0 Å². The summed E-state index contributed by atoms with van der Waals surface area (Å²) in [6.45, 7) is 2.45. The molecule has 2 amide bonds. The van der Waals surface area contributed by atoms with Gasteiger partial charge in [0.25, 0.3) is 0 Å². The Morgan fingerprint density at radius 3 is 2.45 bits per heavy atom. The first kappa shape index (κ1) is 20.7. The van der Waals surface area contributed by atoms with E-state index in [0.29, 0.717) is 6.54 Å². The summed E-state index contributed by atoms with van der Waals surface area (Å²) in [5, 5.41) is 5.95. The van der Waals surface area contributed by atoms with Crippen LogP contribution in [0.4, 0.5) is 0 Å². The van der Waals surface area contributed by atoms with Gasteiger partial charge in [-0.15, -0.1) is 0 Å². The molecule has 5 heteroatoms. The molecule has 0 spiro atoms. The van der Waals surface area contributed by atoms with E-state index < -0.39 is 0 Å². The van der Waals surface area contributed by atoms with E-state index in [9.17, 15) is 9.59 Å². The fraction of sp³-hybridized carbons (Fsp3) is 0.231. The average molecular weight is 415 g/mol. The van der Waals surface area contributed by atoms with Crippen molar-refractivity contribution < 1.29 is 14.0 Å². The number of furan rings is 1. The molecule has 0 aliphatic heterocycles. The standard InChI is InChI=1S/C26H26N2O3/c1-3-23-22(21-13-6-7-14-24(21)31-23)17-28(2)26(30)16-27-25(29)15-19-11-8-10-18-9-4-5-12-20(18)19/h4-14H,3,15-17H2,1-2H3,(H,27,29). The van der Waals surface area contributed by atoms with Crippen LogP contribution < -0.4 is 5.32 Å². The van der Waals surface area contributed by atoms with Crippen molar-refractivity contribution in [1.82, 2.24) is 10.2 Å². The fourth-order valence-electron chi connectivity index (χ4n) is 3.93. The van der Waals surface area contributed by atoms with Crippen LogP contribution in [0.15, 0.2) is 71.1 Å². The van der Waals surface area contributed by atoms with E-state index in [2.05, 4.69) is 5.32 Å². The highest BCUT2D eigenvalue weighted by Crippen LogP contribution is 2.27. The molecule has 5 nitrogen and oxygen atoms in total. The lowest BCUT2D eigenvalue weighted by Crippen LogP contribution is -2.38. The number of fused-ring (bicyclic) bond motifs is 2. The van der Waals surface area contributed by atoms with Gasteiger partial charge in [-0.2, -0.15) is 0 Å². The zero-order valence-corrected chi connectivity index (χ0v) is 17.9. The first-order valence-corrected chi connectivity index (χ1v) is 10.5. The van der Waals surface area contributed by atoms with Crippen LogP contribution >= 0.6 is 0 Å². The number of likely N-dealkylation sites (N-methyl/N-ethyl adjacent to an activating group) is 1. The van der Waals surface area contributed by atoms with Gasteiger partial charge in [0.15, 0.2) is 0 Å². The summed E-state index contributed by atoms with van der Waals surface area (Å²) in [5.74, 6) is 0.584. The van der Waals surface area contributed by atoms with Gasteiger partial charge in [-0.05, 0) is 22.4 Å². The van der Waals surface area contributed by atoms with Gasteiger partial charge in [-0.25, -0.2) is 0 Å². The van der Waals surface area contributed by atoms with Crippen molar-refractivity contribution in [3.8, 4) is 0 Å². The van der Waals surface area contributed by atoms with Crippen LogP contribution in [0, 0.1) is 0 Å². The van der Waals surface area contributed by atoms with Crippen LogP contribution in [0.3, 0.4) is 0 Å². The summed E-state index contributed by atoms with van der Waals surface area (Å²) in [4.78, 5) is 26.8. The summed E-state index contributed by atoms with van der Waals surface area (Å²) < 4.78 is 5.92. The van der Waals surface area contributed by atoms with Crippen LogP contribution in [0.25, 0.3) is 21.7 Å². The number of para-hydroxylation sites is 1. The zero-order chi connectivity index (χ0) is 21.8. The van der Waals surface area contributed by atoms with Crippen molar-refractivity contribution >= 4 is 33.6 Å². The molecule has 158 valence electrons. The Balaban J connectivity index is 1.38. The highest BCUT2D eigenvalue weighted by atomic mass is 16.3. The van der Waals surface area contributed by atoms with E-state index in [1.165, 1.54) is 0 Å². The van der Waals surface area contributed by atoms with Crippen LogP contribution in [0.5, 0.6) is 0 Å². The third-order valence-electron chi connectivity index (χ3n) is 5.59.